The molecule has 1 N–H and O–H groups in total. The van der Waals surface area contributed by atoms with Crippen LogP contribution < -0.4 is 11.3 Å². The van der Waals surface area contributed by atoms with Gasteiger partial charge < -0.3 is 14.2 Å². The van der Waals surface area contributed by atoms with Crippen molar-refractivity contribution in [3.8, 4) is 22.6 Å². The van der Waals surface area contributed by atoms with Crippen LogP contribution in [0, 0.1) is 31.4 Å². The number of benzene rings is 3. The highest BCUT2D eigenvalue weighted by Gasteiger charge is 2.59. The molecule has 1 aliphatic carbocycles. The van der Waals surface area contributed by atoms with Gasteiger partial charge in [0.15, 0.2) is 5.82 Å². The Kier molecular flexibility index (Phi) is 9.35. The topological polar surface area (TPSA) is 151 Å². The van der Waals surface area contributed by atoms with Crippen molar-refractivity contribution in [1.29, 1.82) is 0 Å². The maximum absolute atomic E-state index is 16.1. The van der Waals surface area contributed by atoms with E-state index in [9.17, 15) is 9.59 Å². The first-order valence-electron chi connectivity index (χ1n) is 22.4. The number of hydrogen-bond donors (Lipinski definition) is 1. The van der Waals surface area contributed by atoms with Crippen LogP contribution in [0.2, 0.25) is 0 Å². The zero-order valence-corrected chi connectivity index (χ0v) is 37.8. The molecule has 5 aromatic heterocycles. The third-order valence-electron chi connectivity index (χ3n) is 14.4. The van der Waals surface area contributed by atoms with E-state index < -0.39 is 28.7 Å². The zero-order valence-electron chi connectivity index (χ0n) is 37.8. The van der Waals surface area contributed by atoms with Crippen molar-refractivity contribution in [1.82, 2.24) is 43.7 Å². The van der Waals surface area contributed by atoms with E-state index in [-0.39, 0.29) is 41.3 Å². The van der Waals surface area contributed by atoms with Crippen LogP contribution in [-0.4, -0.2) is 68.4 Å². The first-order valence-corrected chi connectivity index (χ1v) is 22.4. The molecule has 4 atom stereocenters. The van der Waals surface area contributed by atoms with Gasteiger partial charge in [0.25, 0.3) is 11.5 Å². The van der Waals surface area contributed by atoms with Gasteiger partial charge in [-0.2, -0.15) is 10.2 Å². The SMILES string of the molecule is Cc1cc(-n2nc3c(c2-c2cc(F)cn(-c4ccc5c(cnn5C)c4)c2=O)[C@H](C)N(C(=O)c2cc4cc([C@H]5CCOC(C)(C)C5)ccc4n2[C@@]2(c4noc(=O)[nH]4)C[C@@H]2C)CC3)cc(C)c1F. The summed E-state index contributed by atoms with van der Waals surface area (Å²) in [5, 5.41) is 15.2. The smallest absolute Gasteiger partial charge is 0.376 e. The number of carbonyl (C=O) groups excluding carboxylic acids is 1. The van der Waals surface area contributed by atoms with Crippen LogP contribution in [0.25, 0.3) is 44.4 Å². The number of nitrogens with one attached hydrogen (secondary N) is 1. The van der Waals surface area contributed by atoms with E-state index in [1.54, 1.807) is 58.6 Å². The van der Waals surface area contributed by atoms with Crippen LogP contribution in [0.3, 0.4) is 0 Å². The number of nitrogens with zero attached hydrogens (tertiary/aromatic N) is 8. The van der Waals surface area contributed by atoms with Crippen molar-refractivity contribution < 1.29 is 22.8 Å². The largest absolute Gasteiger partial charge is 0.438 e. The molecule has 8 aromatic rings. The lowest BCUT2D eigenvalue weighted by Crippen LogP contribution is -2.41. The van der Waals surface area contributed by atoms with Gasteiger partial charge in [0.1, 0.15) is 22.9 Å². The molecule has 0 radical (unpaired) electrons. The second kappa shape index (κ2) is 14.8. The molecule has 0 spiro atoms. The molecule has 3 aliphatic rings. The lowest BCUT2D eigenvalue weighted by Gasteiger charge is -2.35. The van der Waals surface area contributed by atoms with Crippen LogP contribution >= 0.6 is 0 Å². The summed E-state index contributed by atoms with van der Waals surface area (Å²) in [6.45, 7) is 12.4. The number of aryl methyl sites for hydroxylation is 3. The van der Waals surface area contributed by atoms with Crippen molar-refractivity contribution in [3.05, 3.63) is 145 Å². The average molecular weight is 894 g/mol. The number of rotatable bonds is 7. The highest BCUT2D eigenvalue weighted by molar-refractivity contribution is 6.00. The number of halogens is 2. The Morgan fingerprint density at radius 3 is 2.39 bits per heavy atom. The fraction of sp³-hybridized carbons (Fsp3) is 0.360. The number of aromatic amines is 1. The number of amides is 1. The van der Waals surface area contributed by atoms with E-state index in [1.807, 2.05) is 30.7 Å². The maximum atomic E-state index is 16.1. The summed E-state index contributed by atoms with van der Waals surface area (Å²) in [7, 11) is 1.82. The van der Waals surface area contributed by atoms with Gasteiger partial charge in [0.05, 0.1) is 46.0 Å². The van der Waals surface area contributed by atoms with E-state index >= 15 is 13.6 Å². The van der Waals surface area contributed by atoms with Crippen LogP contribution in [0.1, 0.15) is 103 Å². The Morgan fingerprint density at radius 1 is 0.924 bits per heavy atom. The quantitative estimate of drug-likeness (QED) is 0.168. The second-order valence-corrected chi connectivity index (χ2v) is 19.2. The minimum absolute atomic E-state index is 0.0109. The summed E-state index contributed by atoms with van der Waals surface area (Å²) in [4.78, 5) is 47.5. The Bertz CT molecular complexity index is 3420. The van der Waals surface area contributed by atoms with Gasteiger partial charge in [-0.25, -0.2) is 18.3 Å². The Hall–Kier alpha value is -6.94. The Labute approximate surface area is 377 Å². The summed E-state index contributed by atoms with van der Waals surface area (Å²) in [5.74, 6) is -1.40. The molecule has 1 saturated heterocycles. The molecule has 11 rings (SSSR count). The molecular formula is C50H49F2N9O5. The fourth-order valence-electron chi connectivity index (χ4n) is 11.0. The van der Waals surface area contributed by atoms with E-state index in [1.165, 1.54) is 10.6 Å². The normalized spacial score (nSPS) is 21.5. The maximum Gasteiger partial charge on any atom is 0.438 e. The molecule has 1 amide bonds. The molecule has 2 aliphatic heterocycles. The van der Waals surface area contributed by atoms with Crippen molar-refractivity contribution in [2.75, 3.05) is 13.2 Å². The standard InChI is InChI=1S/C50H49F2N9O5/c1-26-16-36(17-27(2)43(26)52)61-44(37-21-34(51)25-59(45(37)62)35-9-11-39-33(19-35)24-53-57(39)7)42-29(4)58(14-12-38(42)55-61)46(63)41-20-32-18-30(31-13-15-65-49(5,6)23-31)8-10-40(32)60(41)50(22-28(50)3)47-54-48(64)66-56-47/h8-11,16-21,24-25,28-29,31H,12-15,22-23H2,1-7H3,(H,54,56,64)/t28-,29-,31-,50-/m0/s1. The van der Waals surface area contributed by atoms with Crippen molar-refractivity contribution in [3.63, 3.8) is 0 Å². The van der Waals surface area contributed by atoms with E-state index in [0.29, 0.717) is 70.4 Å². The molecule has 1 saturated carbocycles. The second-order valence-electron chi connectivity index (χ2n) is 19.2. The number of pyridine rings is 1. The van der Waals surface area contributed by atoms with Gasteiger partial charge in [-0.15, -0.1) is 0 Å². The van der Waals surface area contributed by atoms with Crippen LogP contribution in [-0.2, 0) is 23.7 Å². The van der Waals surface area contributed by atoms with Gasteiger partial charge in [0, 0.05) is 60.4 Å². The predicted molar refractivity (Wildman–Crippen MR) is 243 cm³/mol. The van der Waals surface area contributed by atoms with Gasteiger partial charge in [0.2, 0.25) is 0 Å². The van der Waals surface area contributed by atoms with Gasteiger partial charge in [-0.05, 0) is 137 Å². The van der Waals surface area contributed by atoms with Crippen LogP contribution in [0.15, 0.2) is 87.2 Å². The highest BCUT2D eigenvalue weighted by Crippen LogP contribution is 2.56. The summed E-state index contributed by atoms with van der Waals surface area (Å²) < 4.78 is 49.0. The molecule has 338 valence electrons. The molecule has 3 aromatic carbocycles. The zero-order chi connectivity index (χ0) is 46.1. The van der Waals surface area contributed by atoms with Crippen LogP contribution in [0.4, 0.5) is 8.78 Å². The van der Waals surface area contributed by atoms with Crippen molar-refractivity contribution in [2.45, 2.75) is 90.3 Å². The van der Waals surface area contributed by atoms with E-state index in [0.717, 1.165) is 46.4 Å². The summed E-state index contributed by atoms with van der Waals surface area (Å²) in [6.07, 6.45) is 5.48. The minimum Gasteiger partial charge on any atom is -0.376 e. The molecule has 0 unspecified atom stereocenters. The van der Waals surface area contributed by atoms with Gasteiger partial charge in [-0.3, -0.25) is 28.3 Å². The number of ether oxygens (including phenoxy) is 1. The molecular weight excluding hydrogens is 845 g/mol. The third kappa shape index (κ3) is 6.43. The summed E-state index contributed by atoms with van der Waals surface area (Å²) in [5.41, 5.74) is 4.78. The van der Waals surface area contributed by atoms with E-state index in [4.69, 9.17) is 14.4 Å². The summed E-state index contributed by atoms with van der Waals surface area (Å²) >= 11 is 0. The molecule has 66 heavy (non-hydrogen) atoms. The average Bonchev–Trinajstić information content (AvgIpc) is 3.78. The molecule has 7 heterocycles. The third-order valence-corrected chi connectivity index (χ3v) is 14.4. The fourth-order valence-corrected chi connectivity index (χ4v) is 11.0. The van der Waals surface area contributed by atoms with Crippen molar-refractivity contribution >= 4 is 27.7 Å². The van der Waals surface area contributed by atoms with Gasteiger partial charge >= 0.3 is 5.76 Å². The monoisotopic (exact) mass is 893 g/mol. The number of fused-ring (bicyclic) bond motifs is 3. The van der Waals surface area contributed by atoms with E-state index in [2.05, 4.69) is 54.2 Å². The van der Waals surface area contributed by atoms with Crippen molar-refractivity contribution in [2.24, 2.45) is 13.0 Å². The number of hydrogen-bond acceptors (Lipinski definition) is 8. The predicted octanol–water partition coefficient (Wildman–Crippen LogP) is 8.32. The molecule has 14 nitrogen and oxygen atoms in total. The number of H-pyrrole nitrogens is 1. The summed E-state index contributed by atoms with van der Waals surface area (Å²) in [6, 6.07) is 17.5. The molecule has 16 heteroatoms. The lowest BCUT2D eigenvalue weighted by molar-refractivity contribution is -0.0592. The first-order chi connectivity index (χ1) is 31.5. The number of carbonyl (C=O) groups is 1. The number of aromatic nitrogens is 8. The van der Waals surface area contributed by atoms with Gasteiger partial charge in [-0.1, -0.05) is 18.1 Å². The minimum atomic E-state index is -0.870. The molecule has 2 fully saturated rings. The Balaban J connectivity index is 1.08. The highest BCUT2D eigenvalue weighted by atomic mass is 19.1. The molecule has 0 bridgehead atoms. The lowest BCUT2D eigenvalue weighted by atomic mass is 9.83. The Morgan fingerprint density at radius 2 is 1.68 bits per heavy atom. The van der Waals surface area contributed by atoms with Crippen LogP contribution in [0.5, 0.6) is 0 Å². The first kappa shape index (κ1) is 41.7.